The Morgan fingerprint density at radius 2 is 1.35 bits per heavy atom. The Morgan fingerprint density at radius 1 is 0.806 bits per heavy atom. The van der Waals surface area contributed by atoms with E-state index in [0.717, 1.165) is 44.9 Å². The monoisotopic (exact) mass is 412 g/mol. The largest absolute Gasteiger partial charge is 0.497 e. The van der Waals surface area contributed by atoms with Gasteiger partial charge in [0.25, 0.3) is 5.91 Å². The van der Waals surface area contributed by atoms with E-state index in [1.54, 1.807) is 7.11 Å². The molecule has 0 unspecified atom stereocenters. The summed E-state index contributed by atoms with van der Waals surface area (Å²) in [5, 5.41) is 3.37. The molecule has 0 aliphatic carbocycles. The zero-order valence-corrected chi connectivity index (χ0v) is 18.7. The number of hydrogen-bond donors (Lipinski definition) is 1. The van der Waals surface area contributed by atoms with Crippen LogP contribution in [0.2, 0.25) is 0 Å². The predicted molar refractivity (Wildman–Crippen MR) is 127 cm³/mol. The molecular formula is C27H28N2O2. The minimum atomic E-state index is -0.201. The normalized spacial score (nSPS) is 15.8. The number of carbonyl (C=O) groups excluding carboxylic acids is 1. The standard InChI is InChI=1S/C27H28N2O2/c1-17-10-18(2)13-22(12-17)28-25-16-26(21-6-8-24(31-5)9-7-21)29(27(25)30)23-14-19(3)11-20(4)15-23/h6-16,26,28H,1-5H3/t26-/m0/s1. The van der Waals surface area contributed by atoms with Crippen molar-refractivity contribution in [3.8, 4) is 5.75 Å². The first-order valence-electron chi connectivity index (χ1n) is 10.5. The number of aryl methyl sites for hydroxylation is 4. The van der Waals surface area contributed by atoms with Crippen molar-refractivity contribution < 1.29 is 9.53 Å². The molecule has 31 heavy (non-hydrogen) atoms. The Bertz CT molecular complexity index is 1120. The van der Waals surface area contributed by atoms with Crippen molar-refractivity contribution in [3.05, 3.63) is 100 Å². The van der Waals surface area contributed by atoms with Gasteiger partial charge >= 0.3 is 0 Å². The summed E-state index contributed by atoms with van der Waals surface area (Å²) in [6.45, 7) is 8.24. The molecule has 4 heteroatoms. The highest BCUT2D eigenvalue weighted by Gasteiger charge is 2.35. The zero-order valence-electron chi connectivity index (χ0n) is 18.7. The quantitative estimate of drug-likeness (QED) is 0.558. The lowest BCUT2D eigenvalue weighted by molar-refractivity contribution is -0.114. The van der Waals surface area contributed by atoms with Crippen LogP contribution in [0.5, 0.6) is 5.75 Å². The van der Waals surface area contributed by atoms with Crippen molar-refractivity contribution in [1.29, 1.82) is 0 Å². The van der Waals surface area contributed by atoms with Gasteiger partial charge in [0, 0.05) is 11.4 Å². The van der Waals surface area contributed by atoms with Crippen molar-refractivity contribution in [2.24, 2.45) is 0 Å². The second-order valence-electron chi connectivity index (χ2n) is 8.32. The van der Waals surface area contributed by atoms with Gasteiger partial charge in [-0.15, -0.1) is 0 Å². The van der Waals surface area contributed by atoms with E-state index in [-0.39, 0.29) is 11.9 Å². The van der Waals surface area contributed by atoms with Crippen LogP contribution >= 0.6 is 0 Å². The highest BCUT2D eigenvalue weighted by molar-refractivity contribution is 6.11. The molecule has 0 radical (unpaired) electrons. The third-order valence-electron chi connectivity index (χ3n) is 5.49. The molecule has 1 aliphatic rings. The number of carbonyl (C=O) groups is 1. The van der Waals surface area contributed by atoms with E-state index in [2.05, 4.69) is 69.4 Å². The number of nitrogens with one attached hydrogen (secondary N) is 1. The number of anilines is 2. The third-order valence-corrected chi connectivity index (χ3v) is 5.49. The number of hydrogen-bond acceptors (Lipinski definition) is 3. The summed E-state index contributed by atoms with van der Waals surface area (Å²) in [6.07, 6.45) is 2.01. The van der Waals surface area contributed by atoms with Crippen LogP contribution in [0.3, 0.4) is 0 Å². The van der Waals surface area contributed by atoms with Crippen molar-refractivity contribution in [1.82, 2.24) is 0 Å². The van der Waals surface area contributed by atoms with E-state index < -0.39 is 0 Å². The molecule has 0 bridgehead atoms. The van der Waals surface area contributed by atoms with Gasteiger partial charge in [0.05, 0.1) is 13.2 Å². The predicted octanol–water partition coefficient (Wildman–Crippen LogP) is 6.01. The smallest absolute Gasteiger partial charge is 0.275 e. The van der Waals surface area contributed by atoms with Gasteiger partial charge in [0.15, 0.2) is 0 Å². The highest BCUT2D eigenvalue weighted by Crippen LogP contribution is 2.37. The Hall–Kier alpha value is -3.53. The van der Waals surface area contributed by atoms with E-state index >= 15 is 0 Å². The molecule has 4 rings (SSSR count). The molecule has 1 N–H and O–H groups in total. The van der Waals surface area contributed by atoms with Gasteiger partial charge in [-0.05, 0) is 98.0 Å². The summed E-state index contributed by atoms with van der Waals surface area (Å²) in [5.74, 6) is 0.758. The van der Waals surface area contributed by atoms with Crippen LogP contribution in [0.1, 0.15) is 33.9 Å². The van der Waals surface area contributed by atoms with Crippen LogP contribution in [0, 0.1) is 27.7 Å². The van der Waals surface area contributed by atoms with Gasteiger partial charge in [-0.25, -0.2) is 0 Å². The van der Waals surface area contributed by atoms with Gasteiger partial charge in [-0.3, -0.25) is 9.69 Å². The lowest BCUT2D eigenvalue weighted by Crippen LogP contribution is -2.31. The first-order valence-corrected chi connectivity index (χ1v) is 10.5. The number of ether oxygens (including phenoxy) is 1. The van der Waals surface area contributed by atoms with Crippen LogP contribution < -0.4 is 15.0 Å². The maximum Gasteiger partial charge on any atom is 0.275 e. The molecule has 158 valence electrons. The second kappa shape index (κ2) is 8.31. The lowest BCUT2D eigenvalue weighted by Gasteiger charge is -2.26. The molecule has 3 aromatic carbocycles. The van der Waals surface area contributed by atoms with E-state index in [4.69, 9.17) is 4.74 Å². The molecule has 1 amide bonds. The molecule has 0 aromatic heterocycles. The van der Waals surface area contributed by atoms with E-state index in [1.807, 2.05) is 35.2 Å². The summed E-state index contributed by atoms with van der Waals surface area (Å²) in [4.78, 5) is 15.4. The molecule has 0 fully saturated rings. The van der Waals surface area contributed by atoms with Crippen LogP contribution in [-0.2, 0) is 4.79 Å². The number of benzene rings is 3. The van der Waals surface area contributed by atoms with Crippen molar-refractivity contribution >= 4 is 17.3 Å². The van der Waals surface area contributed by atoms with Gasteiger partial charge in [0.2, 0.25) is 0 Å². The van der Waals surface area contributed by atoms with Crippen LogP contribution in [0.25, 0.3) is 0 Å². The van der Waals surface area contributed by atoms with Crippen LogP contribution in [0.15, 0.2) is 72.4 Å². The van der Waals surface area contributed by atoms with Gasteiger partial charge in [-0.2, -0.15) is 0 Å². The maximum absolute atomic E-state index is 13.6. The second-order valence-corrected chi connectivity index (χ2v) is 8.32. The minimum absolute atomic E-state index is 0.0371. The molecule has 1 atom stereocenters. The van der Waals surface area contributed by atoms with Crippen LogP contribution in [-0.4, -0.2) is 13.0 Å². The molecule has 0 saturated heterocycles. The number of nitrogens with zero attached hydrogens (tertiary/aromatic N) is 1. The minimum Gasteiger partial charge on any atom is -0.497 e. The lowest BCUT2D eigenvalue weighted by atomic mass is 10.0. The molecule has 1 aliphatic heterocycles. The summed E-state index contributed by atoms with van der Waals surface area (Å²) in [6, 6.07) is 20.2. The summed E-state index contributed by atoms with van der Waals surface area (Å²) < 4.78 is 5.31. The highest BCUT2D eigenvalue weighted by atomic mass is 16.5. The first-order chi connectivity index (χ1) is 14.8. The average molecular weight is 413 g/mol. The molecule has 4 nitrogen and oxygen atoms in total. The average Bonchev–Trinajstić information content (AvgIpc) is 3.02. The Labute approximate surface area is 184 Å². The summed E-state index contributed by atoms with van der Waals surface area (Å²) in [5.41, 5.74) is 8.02. The van der Waals surface area contributed by atoms with E-state index in [9.17, 15) is 4.79 Å². The first kappa shape index (κ1) is 20.7. The van der Waals surface area contributed by atoms with E-state index in [0.29, 0.717) is 5.70 Å². The zero-order chi connectivity index (χ0) is 22.1. The third kappa shape index (κ3) is 4.33. The fraction of sp³-hybridized carbons (Fsp3) is 0.222. The van der Waals surface area contributed by atoms with Crippen molar-refractivity contribution in [2.45, 2.75) is 33.7 Å². The SMILES string of the molecule is COc1ccc([C@@H]2C=C(Nc3cc(C)cc(C)c3)C(=O)N2c2cc(C)cc(C)c2)cc1. The fourth-order valence-electron chi connectivity index (χ4n) is 4.27. The van der Waals surface area contributed by atoms with Crippen molar-refractivity contribution in [2.75, 3.05) is 17.3 Å². The molecule has 0 saturated carbocycles. The van der Waals surface area contributed by atoms with Crippen LogP contribution in [0.4, 0.5) is 11.4 Å². The van der Waals surface area contributed by atoms with Gasteiger partial charge < -0.3 is 10.1 Å². The maximum atomic E-state index is 13.6. The fourth-order valence-corrected chi connectivity index (χ4v) is 4.27. The molecule has 1 heterocycles. The van der Waals surface area contributed by atoms with Gasteiger partial charge in [0.1, 0.15) is 11.4 Å². The summed E-state index contributed by atoms with van der Waals surface area (Å²) >= 11 is 0. The van der Waals surface area contributed by atoms with E-state index in [1.165, 1.54) is 0 Å². The number of rotatable bonds is 5. The van der Waals surface area contributed by atoms with Crippen molar-refractivity contribution in [3.63, 3.8) is 0 Å². The summed E-state index contributed by atoms with van der Waals surface area (Å²) in [7, 11) is 1.65. The Balaban J connectivity index is 1.76. The Kier molecular flexibility index (Phi) is 5.55. The number of amides is 1. The molecular weight excluding hydrogens is 384 g/mol. The molecule has 0 spiro atoms. The molecule has 3 aromatic rings. The Morgan fingerprint density at radius 3 is 1.90 bits per heavy atom. The topological polar surface area (TPSA) is 41.6 Å². The number of methoxy groups -OCH3 is 1. The van der Waals surface area contributed by atoms with Gasteiger partial charge in [-0.1, -0.05) is 24.3 Å².